The first-order chi connectivity index (χ1) is 12.4. The van der Waals surface area contributed by atoms with Crippen LogP contribution >= 0.6 is 0 Å². The van der Waals surface area contributed by atoms with Crippen molar-refractivity contribution in [3.63, 3.8) is 0 Å². The highest BCUT2D eigenvalue weighted by molar-refractivity contribution is 7.90. The van der Waals surface area contributed by atoms with Gasteiger partial charge in [-0.3, -0.25) is 0 Å². The first-order valence-corrected chi connectivity index (χ1v) is 9.96. The third-order valence-electron chi connectivity index (χ3n) is 3.81. The molecule has 0 atom stereocenters. The zero-order valence-electron chi connectivity index (χ0n) is 14.4. The molecule has 0 amide bonds. The van der Waals surface area contributed by atoms with Crippen molar-refractivity contribution in [3.05, 3.63) is 53.6 Å². The van der Waals surface area contributed by atoms with Crippen LogP contribution in [0.15, 0.2) is 47.4 Å². The van der Waals surface area contributed by atoms with Gasteiger partial charge in [0.05, 0.1) is 28.1 Å². The quantitative estimate of drug-likeness (QED) is 0.644. The molecule has 3 rings (SSSR count). The molecule has 0 spiro atoms. The lowest BCUT2D eigenvalue weighted by molar-refractivity contribution is 0.0526. The summed E-state index contributed by atoms with van der Waals surface area (Å²) >= 11 is 0. The van der Waals surface area contributed by atoms with Crippen molar-refractivity contribution in [2.45, 2.75) is 18.4 Å². The zero-order valence-corrected chi connectivity index (χ0v) is 15.3. The van der Waals surface area contributed by atoms with Crippen molar-refractivity contribution in [2.24, 2.45) is 0 Å². The first-order valence-electron chi connectivity index (χ1n) is 8.07. The number of nitrogens with one attached hydrogen (secondary N) is 2. The lowest BCUT2D eigenvalue weighted by Crippen LogP contribution is -2.07. The number of ether oxygens (including phenoxy) is 1. The Balaban J connectivity index is 1.81. The van der Waals surface area contributed by atoms with E-state index >= 15 is 0 Å². The summed E-state index contributed by atoms with van der Waals surface area (Å²) in [7, 11) is -3.31. The first kappa shape index (κ1) is 17.9. The fraction of sp³-hybridized carbons (Fsp3) is 0.222. The molecule has 3 aromatic rings. The van der Waals surface area contributed by atoms with Gasteiger partial charge in [0.15, 0.2) is 9.84 Å². The molecule has 0 saturated carbocycles. The SMILES string of the molecule is CCOC(=O)c1ccc2nc(NCc3ccccc3S(C)(=O)=O)[nH]c2c1. The molecule has 1 aromatic heterocycles. The van der Waals surface area contributed by atoms with Crippen LogP contribution in [0.5, 0.6) is 0 Å². The molecule has 0 unspecified atom stereocenters. The standard InChI is InChI=1S/C18H19N3O4S/c1-3-25-17(22)12-8-9-14-15(10-12)21-18(20-14)19-11-13-6-4-5-7-16(13)26(2,23)24/h4-10H,3,11H2,1-2H3,(H2,19,20,21). The molecule has 0 fully saturated rings. The van der Waals surface area contributed by atoms with Crippen molar-refractivity contribution in [2.75, 3.05) is 18.2 Å². The number of carbonyl (C=O) groups is 1. The topological polar surface area (TPSA) is 101 Å². The monoisotopic (exact) mass is 373 g/mol. The van der Waals surface area contributed by atoms with Crippen LogP contribution in [0.2, 0.25) is 0 Å². The Labute approximate surface area is 151 Å². The van der Waals surface area contributed by atoms with E-state index < -0.39 is 9.84 Å². The van der Waals surface area contributed by atoms with Crippen LogP contribution in [-0.4, -0.2) is 37.2 Å². The number of aromatic nitrogens is 2. The number of imidazole rings is 1. The zero-order chi connectivity index (χ0) is 18.7. The predicted octanol–water partition coefficient (Wildman–Crippen LogP) is 2.76. The summed E-state index contributed by atoms with van der Waals surface area (Å²) in [5, 5.41) is 3.09. The Kier molecular flexibility index (Phi) is 4.94. The highest BCUT2D eigenvalue weighted by Crippen LogP contribution is 2.19. The maximum atomic E-state index is 11.9. The Morgan fingerprint density at radius 1 is 1.23 bits per heavy atom. The van der Waals surface area contributed by atoms with Gasteiger partial charge in [0, 0.05) is 12.8 Å². The normalized spacial score (nSPS) is 11.5. The number of nitrogens with zero attached hydrogens (tertiary/aromatic N) is 1. The average Bonchev–Trinajstić information content (AvgIpc) is 3.01. The summed E-state index contributed by atoms with van der Waals surface area (Å²) in [4.78, 5) is 19.6. The molecule has 2 aromatic carbocycles. The van der Waals surface area contributed by atoms with E-state index in [0.717, 1.165) is 0 Å². The van der Waals surface area contributed by atoms with Crippen LogP contribution < -0.4 is 5.32 Å². The molecule has 0 saturated heterocycles. The molecule has 0 aliphatic carbocycles. The average molecular weight is 373 g/mol. The van der Waals surface area contributed by atoms with E-state index in [9.17, 15) is 13.2 Å². The van der Waals surface area contributed by atoms with E-state index in [1.807, 2.05) is 0 Å². The lowest BCUT2D eigenvalue weighted by atomic mass is 10.2. The van der Waals surface area contributed by atoms with Gasteiger partial charge in [-0.2, -0.15) is 0 Å². The molecule has 0 radical (unpaired) electrons. The van der Waals surface area contributed by atoms with Gasteiger partial charge >= 0.3 is 5.97 Å². The van der Waals surface area contributed by atoms with Crippen LogP contribution in [0.3, 0.4) is 0 Å². The number of rotatable bonds is 6. The number of hydrogen-bond donors (Lipinski definition) is 2. The fourth-order valence-electron chi connectivity index (χ4n) is 2.63. The Hall–Kier alpha value is -2.87. The van der Waals surface area contributed by atoms with Crippen molar-refractivity contribution in [3.8, 4) is 0 Å². The van der Waals surface area contributed by atoms with Crippen molar-refractivity contribution in [1.82, 2.24) is 9.97 Å². The van der Waals surface area contributed by atoms with Gasteiger partial charge in [0.1, 0.15) is 0 Å². The molecular weight excluding hydrogens is 354 g/mol. The number of esters is 1. The van der Waals surface area contributed by atoms with E-state index in [2.05, 4.69) is 15.3 Å². The van der Waals surface area contributed by atoms with Crippen LogP contribution in [0.25, 0.3) is 11.0 Å². The summed E-state index contributed by atoms with van der Waals surface area (Å²) in [5.74, 6) is 0.102. The van der Waals surface area contributed by atoms with Crippen molar-refractivity contribution < 1.29 is 17.9 Å². The van der Waals surface area contributed by atoms with Gasteiger partial charge in [0.2, 0.25) is 5.95 Å². The van der Waals surface area contributed by atoms with Crippen LogP contribution in [-0.2, 0) is 21.1 Å². The van der Waals surface area contributed by atoms with Crippen LogP contribution in [0.1, 0.15) is 22.8 Å². The van der Waals surface area contributed by atoms with E-state index in [4.69, 9.17) is 4.74 Å². The summed E-state index contributed by atoms with van der Waals surface area (Å²) in [6.07, 6.45) is 1.18. The Morgan fingerprint density at radius 2 is 2.00 bits per heavy atom. The number of benzene rings is 2. The minimum atomic E-state index is -3.31. The number of fused-ring (bicyclic) bond motifs is 1. The van der Waals surface area contributed by atoms with E-state index in [-0.39, 0.29) is 10.9 Å². The van der Waals surface area contributed by atoms with Crippen LogP contribution in [0.4, 0.5) is 5.95 Å². The minimum Gasteiger partial charge on any atom is -0.462 e. The van der Waals surface area contributed by atoms with E-state index in [1.165, 1.54) is 6.26 Å². The Morgan fingerprint density at radius 3 is 2.73 bits per heavy atom. The maximum Gasteiger partial charge on any atom is 0.338 e. The van der Waals surface area contributed by atoms with Gasteiger partial charge in [-0.25, -0.2) is 18.2 Å². The number of aromatic amines is 1. The second-order valence-electron chi connectivity index (χ2n) is 5.77. The third kappa shape index (κ3) is 3.85. The van der Waals surface area contributed by atoms with E-state index in [1.54, 1.807) is 49.4 Å². The number of H-pyrrole nitrogens is 1. The number of anilines is 1. The highest BCUT2D eigenvalue weighted by Gasteiger charge is 2.13. The summed E-state index contributed by atoms with van der Waals surface area (Å²) in [6, 6.07) is 11.9. The van der Waals surface area contributed by atoms with Gasteiger partial charge < -0.3 is 15.0 Å². The van der Waals surface area contributed by atoms with E-state index in [0.29, 0.717) is 41.3 Å². The molecule has 7 nitrogen and oxygen atoms in total. The highest BCUT2D eigenvalue weighted by atomic mass is 32.2. The van der Waals surface area contributed by atoms with Gasteiger partial charge in [0.25, 0.3) is 0 Å². The molecule has 0 aliphatic rings. The summed E-state index contributed by atoms with van der Waals surface area (Å²) in [5.41, 5.74) is 2.48. The molecule has 0 aliphatic heterocycles. The summed E-state index contributed by atoms with van der Waals surface area (Å²) in [6.45, 7) is 2.36. The molecule has 1 heterocycles. The van der Waals surface area contributed by atoms with Crippen molar-refractivity contribution in [1.29, 1.82) is 0 Å². The van der Waals surface area contributed by atoms with Gasteiger partial charge in [-0.05, 0) is 36.8 Å². The Bertz CT molecular complexity index is 1060. The molecular formula is C18H19N3O4S. The minimum absolute atomic E-state index is 0.285. The number of carbonyl (C=O) groups excluding carboxylic acids is 1. The number of hydrogen-bond acceptors (Lipinski definition) is 6. The van der Waals surface area contributed by atoms with Crippen LogP contribution in [0, 0.1) is 0 Å². The number of sulfone groups is 1. The molecule has 136 valence electrons. The summed E-state index contributed by atoms with van der Waals surface area (Å²) < 4.78 is 28.7. The smallest absolute Gasteiger partial charge is 0.338 e. The molecule has 26 heavy (non-hydrogen) atoms. The fourth-order valence-corrected chi connectivity index (χ4v) is 3.57. The van der Waals surface area contributed by atoms with Gasteiger partial charge in [-0.15, -0.1) is 0 Å². The van der Waals surface area contributed by atoms with Gasteiger partial charge in [-0.1, -0.05) is 18.2 Å². The van der Waals surface area contributed by atoms with Crippen molar-refractivity contribution >= 4 is 32.8 Å². The molecule has 2 N–H and O–H groups in total. The maximum absolute atomic E-state index is 11.9. The predicted molar refractivity (Wildman–Crippen MR) is 98.9 cm³/mol. The molecule has 8 heteroatoms. The molecule has 0 bridgehead atoms. The second-order valence-corrected chi connectivity index (χ2v) is 7.76. The second kappa shape index (κ2) is 7.17. The third-order valence-corrected chi connectivity index (χ3v) is 5.01. The lowest BCUT2D eigenvalue weighted by Gasteiger charge is -2.08. The largest absolute Gasteiger partial charge is 0.462 e.